The van der Waals surface area contributed by atoms with E-state index in [-0.39, 0.29) is 6.08 Å². The third-order valence-corrected chi connectivity index (χ3v) is 5.35. The Labute approximate surface area is 227 Å². The summed E-state index contributed by atoms with van der Waals surface area (Å²) in [6, 6.07) is 0. The average Bonchev–Trinajstić information content (AvgIpc) is 2.84. The van der Waals surface area contributed by atoms with Gasteiger partial charge in [0.1, 0.15) is 0 Å². The minimum absolute atomic E-state index is 0.264. The summed E-state index contributed by atoms with van der Waals surface area (Å²) in [5.41, 5.74) is -8.51. The van der Waals surface area contributed by atoms with Crippen LogP contribution in [0.15, 0.2) is 12.7 Å². The Hall–Kier alpha value is -2.61. The molecule has 0 heterocycles. The van der Waals surface area contributed by atoms with Crippen LogP contribution in [-0.4, -0.2) is 90.1 Å². The number of ether oxygens (including phenoxy) is 1. The standard InChI is InChI=1S/C17H6F26O2/c1-2-4(44)45-3-6(20,21)8(23,24)10(27,28)12(31,32)14(35,36)16(39,40)15(37,38)13(33,34)11(29,30)9(25,26)7(22,5(18)19)17(41,42)43/h2,5H,1,3H2. The van der Waals surface area contributed by atoms with Gasteiger partial charge >= 0.3 is 77.0 Å². The SMILES string of the molecule is C=CC(=O)OCC(F)(F)C(F)(F)C(F)(F)C(F)(F)C(F)(F)C(F)(F)C(F)(F)C(F)(F)C(F)(F)C(F)(F)C(F)(C(F)F)C(F)(F)F. The maximum absolute atomic E-state index is 13.7. The summed E-state index contributed by atoms with van der Waals surface area (Å²) < 4.78 is 351. The molecular weight excluding hydrogens is 730 g/mol. The van der Waals surface area contributed by atoms with Gasteiger partial charge in [-0.1, -0.05) is 6.58 Å². The summed E-state index contributed by atoms with van der Waals surface area (Å²) >= 11 is 0. The number of carbonyl (C=O) groups excluding carboxylic acids is 1. The highest BCUT2D eigenvalue weighted by molar-refractivity contribution is 5.81. The molecule has 0 aromatic rings. The van der Waals surface area contributed by atoms with Crippen LogP contribution in [0.2, 0.25) is 0 Å². The van der Waals surface area contributed by atoms with Crippen LogP contribution < -0.4 is 0 Å². The lowest BCUT2D eigenvalue weighted by Crippen LogP contribution is -2.79. The molecule has 0 aromatic carbocycles. The number of halogens is 26. The minimum atomic E-state index is -9.73. The highest BCUT2D eigenvalue weighted by Gasteiger charge is 2.99. The summed E-state index contributed by atoms with van der Waals surface area (Å²) in [6.45, 7) is -1.23. The van der Waals surface area contributed by atoms with Gasteiger partial charge < -0.3 is 4.74 Å². The van der Waals surface area contributed by atoms with E-state index in [1.54, 1.807) is 0 Å². The molecule has 0 bridgehead atoms. The highest BCUT2D eigenvalue weighted by Crippen LogP contribution is 2.68. The smallest absolute Gasteiger partial charge is 0.434 e. The monoisotopic (exact) mass is 736 g/mol. The molecule has 2 nitrogen and oxygen atoms in total. The zero-order valence-corrected chi connectivity index (χ0v) is 19.7. The molecule has 268 valence electrons. The van der Waals surface area contributed by atoms with E-state index in [0.717, 1.165) is 0 Å². The van der Waals surface area contributed by atoms with Crippen molar-refractivity contribution < 1.29 is 124 Å². The molecule has 45 heavy (non-hydrogen) atoms. The van der Waals surface area contributed by atoms with Gasteiger partial charge in [0, 0.05) is 6.08 Å². The molecule has 1 atom stereocenters. The third kappa shape index (κ3) is 5.27. The van der Waals surface area contributed by atoms with E-state index in [1.807, 2.05) is 0 Å². The van der Waals surface area contributed by atoms with Crippen molar-refractivity contribution in [1.82, 2.24) is 0 Å². The Morgan fingerprint density at radius 2 is 0.733 bits per heavy atom. The van der Waals surface area contributed by atoms with E-state index in [9.17, 15) is 119 Å². The first kappa shape index (κ1) is 42.4. The van der Waals surface area contributed by atoms with Crippen LogP contribution in [0.1, 0.15) is 0 Å². The first-order valence-corrected chi connectivity index (χ1v) is 9.76. The zero-order chi connectivity index (χ0) is 37.3. The van der Waals surface area contributed by atoms with Crippen molar-refractivity contribution in [1.29, 1.82) is 0 Å². The quantitative estimate of drug-likeness (QED) is 0.102. The number of rotatable bonds is 14. The fourth-order valence-electron chi connectivity index (χ4n) is 2.59. The number of alkyl halides is 26. The van der Waals surface area contributed by atoms with Crippen molar-refractivity contribution in [2.75, 3.05) is 6.61 Å². The lowest BCUT2D eigenvalue weighted by atomic mass is 9.82. The summed E-state index contributed by atoms with van der Waals surface area (Å²) in [5, 5.41) is 0. The van der Waals surface area contributed by atoms with E-state index in [1.165, 1.54) is 0 Å². The Kier molecular flexibility index (Phi) is 10.4. The molecule has 0 saturated carbocycles. The molecule has 0 spiro atoms. The maximum atomic E-state index is 13.7. The van der Waals surface area contributed by atoms with Crippen molar-refractivity contribution in [3.8, 4) is 0 Å². The lowest BCUT2D eigenvalue weighted by Gasteiger charge is -2.46. The van der Waals surface area contributed by atoms with E-state index >= 15 is 0 Å². The molecule has 0 amide bonds. The van der Waals surface area contributed by atoms with Gasteiger partial charge in [-0.3, -0.25) is 0 Å². The fraction of sp³-hybridized carbons (Fsp3) is 0.824. The zero-order valence-electron chi connectivity index (χ0n) is 19.7. The second-order valence-electron chi connectivity index (χ2n) is 8.20. The van der Waals surface area contributed by atoms with Crippen molar-refractivity contribution in [3.05, 3.63) is 12.7 Å². The van der Waals surface area contributed by atoms with Gasteiger partial charge in [-0.05, 0) is 0 Å². The maximum Gasteiger partial charge on any atom is 0.434 e. The molecular formula is C17H6F26O2. The van der Waals surface area contributed by atoms with E-state index in [4.69, 9.17) is 0 Å². The van der Waals surface area contributed by atoms with Gasteiger partial charge in [-0.25, -0.2) is 18.0 Å². The topological polar surface area (TPSA) is 26.3 Å². The predicted molar refractivity (Wildman–Crippen MR) is 86.5 cm³/mol. The van der Waals surface area contributed by atoms with Crippen molar-refractivity contribution in [2.45, 2.75) is 77.5 Å². The van der Waals surface area contributed by atoms with Crippen LogP contribution in [0.4, 0.5) is 114 Å². The molecule has 0 rings (SSSR count). The summed E-state index contributed by atoms with van der Waals surface area (Å²) in [6.07, 6.45) is -15.3. The summed E-state index contributed by atoms with van der Waals surface area (Å²) in [5.74, 6) is -93.7. The molecule has 0 saturated heterocycles. The number of esters is 1. The molecule has 0 aliphatic carbocycles. The Morgan fingerprint density at radius 3 is 0.956 bits per heavy atom. The third-order valence-electron chi connectivity index (χ3n) is 5.35. The average molecular weight is 736 g/mol. The minimum Gasteiger partial charge on any atom is -0.456 e. The summed E-state index contributed by atoms with van der Waals surface area (Å²) in [7, 11) is 0. The van der Waals surface area contributed by atoms with Crippen molar-refractivity contribution >= 4 is 5.97 Å². The van der Waals surface area contributed by atoms with Crippen LogP contribution in [0.5, 0.6) is 0 Å². The van der Waals surface area contributed by atoms with E-state index in [0.29, 0.717) is 0 Å². The Bertz CT molecular complexity index is 1100. The van der Waals surface area contributed by atoms with Gasteiger partial charge in [-0.15, -0.1) is 0 Å². The molecule has 0 aliphatic heterocycles. The van der Waals surface area contributed by atoms with Gasteiger partial charge in [0.2, 0.25) is 0 Å². The largest absolute Gasteiger partial charge is 0.456 e. The van der Waals surface area contributed by atoms with Crippen LogP contribution in [0.25, 0.3) is 0 Å². The van der Waals surface area contributed by atoms with Crippen LogP contribution >= 0.6 is 0 Å². The second kappa shape index (κ2) is 11.0. The van der Waals surface area contributed by atoms with E-state index < -0.39 is 90.1 Å². The van der Waals surface area contributed by atoms with Crippen molar-refractivity contribution in [2.24, 2.45) is 0 Å². The molecule has 0 aromatic heterocycles. The number of hydrogen-bond donors (Lipinski definition) is 0. The van der Waals surface area contributed by atoms with Crippen molar-refractivity contribution in [3.63, 3.8) is 0 Å². The fourth-order valence-corrected chi connectivity index (χ4v) is 2.59. The molecule has 1 unspecified atom stereocenters. The van der Waals surface area contributed by atoms with Crippen LogP contribution in [-0.2, 0) is 9.53 Å². The Morgan fingerprint density at radius 1 is 0.489 bits per heavy atom. The molecule has 0 radical (unpaired) electrons. The number of hydrogen-bond acceptors (Lipinski definition) is 2. The first-order valence-electron chi connectivity index (χ1n) is 9.76. The first-order chi connectivity index (χ1) is 19.1. The normalized spacial score (nSPS) is 17.3. The van der Waals surface area contributed by atoms with Gasteiger partial charge in [0.15, 0.2) is 6.61 Å². The van der Waals surface area contributed by atoms with Crippen LogP contribution in [0, 0.1) is 0 Å². The predicted octanol–water partition coefficient (Wildman–Crippen LogP) is 8.60. The van der Waals surface area contributed by atoms with Gasteiger partial charge in [0.05, 0.1) is 0 Å². The van der Waals surface area contributed by atoms with Gasteiger partial charge in [0.25, 0.3) is 6.43 Å². The van der Waals surface area contributed by atoms with E-state index in [2.05, 4.69) is 11.3 Å². The lowest BCUT2D eigenvalue weighted by molar-refractivity contribution is -0.479. The summed E-state index contributed by atoms with van der Waals surface area (Å²) in [4.78, 5) is 10.6. The number of carbonyl (C=O) groups is 1. The molecule has 0 N–H and O–H groups in total. The molecule has 28 heteroatoms. The van der Waals surface area contributed by atoms with Gasteiger partial charge in [-0.2, -0.15) is 101 Å². The molecule has 0 aliphatic rings. The molecule has 0 fully saturated rings. The second-order valence-corrected chi connectivity index (χ2v) is 8.20. The Balaban J connectivity index is 7.39. The highest BCUT2D eigenvalue weighted by atomic mass is 19.4. The van der Waals surface area contributed by atoms with Crippen LogP contribution in [0.3, 0.4) is 0 Å².